The van der Waals surface area contributed by atoms with Gasteiger partial charge in [-0.3, -0.25) is 15.2 Å². The molecule has 3 rings (SSSR count). The Morgan fingerprint density at radius 1 is 1.45 bits per heavy atom. The minimum absolute atomic E-state index is 0.0358. The van der Waals surface area contributed by atoms with Crippen molar-refractivity contribution < 1.29 is 14.6 Å². The van der Waals surface area contributed by atoms with E-state index in [9.17, 15) is 9.90 Å². The molecule has 0 saturated heterocycles. The summed E-state index contributed by atoms with van der Waals surface area (Å²) < 4.78 is 5.42. The summed E-state index contributed by atoms with van der Waals surface area (Å²) in [5, 5.41) is 21.6. The molecule has 166 valence electrons. The Kier molecular flexibility index (Phi) is 6.65. The summed E-state index contributed by atoms with van der Waals surface area (Å²) >= 11 is 0. The molecule has 0 aliphatic carbocycles. The highest BCUT2D eigenvalue weighted by Gasteiger charge is 2.45. The third-order valence-electron chi connectivity index (χ3n) is 5.52. The first-order valence-corrected chi connectivity index (χ1v) is 10.2. The summed E-state index contributed by atoms with van der Waals surface area (Å²) in [6, 6.07) is 5.38. The molecule has 1 aromatic heterocycles. The van der Waals surface area contributed by atoms with Crippen molar-refractivity contribution in [2.45, 2.75) is 25.4 Å². The maximum absolute atomic E-state index is 13.1. The molecule has 1 aliphatic heterocycles. The van der Waals surface area contributed by atoms with Gasteiger partial charge in [-0.25, -0.2) is 0 Å². The Morgan fingerprint density at radius 3 is 2.77 bits per heavy atom. The van der Waals surface area contributed by atoms with Gasteiger partial charge in [-0.2, -0.15) is 0 Å². The highest BCUT2D eigenvalue weighted by molar-refractivity contribution is 5.90. The second-order valence-corrected chi connectivity index (χ2v) is 7.86. The van der Waals surface area contributed by atoms with Crippen molar-refractivity contribution in [1.82, 2.24) is 15.2 Å². The first-order valence-electron chi connectivity index (χ1n) is 10.2. The number of guanidine groups is 1. The average Bonchev–Trinajstić information content (AvgIpc) is 2.98. The number of hydrogen-bond acceptors (Lipinski definition) is 7. The van der Waals surface area contributed by atoms with Crippen molar-refractivity contribution in [3.8, 4) is 16.9 Å². The Labute approximate surface area is 182 Å². The quantitative estimate of drug-likeness (QED) is 0.298. The molecule has 0 radical (unpaired) electrons. The van der Waals surface area contributed by atoms with Crippen LogP contribution in [0, 0.1) is 5.41 Å². The zero-order valence-electron chi connectivity index (χ0n) is 18.3. The van der Waals surface area contributed by atoms with Crippen LogP contribution < -0.4 is 16.0 Å². The lowest BCUT2D eigenvalue weighted by molar-refractivity contribution is -0.145. The fourth-order valence-corrected chi connectivity index (χ4v) is 4.17. The number of phenolic OH excluding ortho intramolecular Hbond substituents is 1. The summed E-state index contributed by atoms with van der Waals surface area (Å²) in [7, 11) is 5.85. The fraction of sp³-hybridized carbons (Fsp3) is 0.409. The van der Waals surface area contributed by atoms with Crippen LogP contribution in [0.1, 0.15) is 24.0 Å². The fourth-order valence-electron chi connectivity index (χ4n) is 4.17. The van der Waals surface area contributed by atoms with E-state index in [4.69, 9.17) is 15.9 Å². The van der Waals surface area contributed by atoms with Gasteiger partial charge >= 0.3 is 5.97 Å². The molecule has 0 amide bonds. The number of phenols is 1. The molecule has 1 aliphatic rings. The van der Waals surface area contributed by atoms with Crippen molar-refractivity contribution >= 4 is 17.6 Å². The smallest absolute Gasteiger partial charge is 0.315 e. The number of pyridine rings is 1. The SMILES string of the molecule is CCOC(=O)C1c2c(cc(-c3cccnc3)c(O)c2CNC(=N)N)N(C)C1CN(C)C. The predicted octanol–water partition coefficient (Wildman–Crippen LogP) is 1.46. The van der Waals surface area contributed by atoms with Gasteiger partial charge in [0, 0.05) is 60.5 Å². The van der Waals surface area contributed by atoms with Gasteiger partial charge in [0.25, 0.3) is 0 Å². The molecule has 5 N–H and O–H groups in total. The van der Waals surface area contributed by atoms with E-state index >= 15 is 0 Å². The molecule has 2 atom stereocenters. The number of esters is 1. The predicted molar refractivity (Wildman–Crippen MR) is 120 cm³/mol. The number of anilines is 1. The second-order valence-electron chi connectivity index (χ2n) is 7.86. The highest BCUT2D eigenvalue weighted by atomic mass is 16.5. The third-order valence-corrected chi connectivity index (χ3v) is 5.52. The van der Waals surface area contributed by atoms with Crippen LogP contribution >= 0.6 is 0 Å². The second kappa shape index (κ2) is 9.22. The highest BCUT2D eigenvalue weighted by Crippen LogP contribution is 2.49. The molecular weight excluding hydrogens is 396 g/mol. The summed E-state index contributed by atoms with van der Waals surface area (Å²) in [5.41, 5.74) is 8.94. The number of hydrogen-bond donors (Lipinski definition) is 4. The molecular formula is C22H30N6O3. The number of likely N-dealkylation sites (N-methyl/N-ethyl adjacent to an activating group) is 2. The Balaban J connectivity index is 2.24. The average molecular weight is 427 g/mol. The van der Waals surface area contributed by atoms with Gasteiger partial charge in [-0.1, -0.05) is 6.07 Å². The summed E-state index contributed by atoms with van der Waals surface area (Å²) in [5.74, 6) is -1.10. The number of nitrogens with zero attached hydrogens (tertiary/aromatic N) is 3. The molecule has 1 aromatic carbocycles. The van der Waals surface area contributed by atoms with Crippen LogP contribution in [0.15, 0.2) is 30.6 Å². The lowest BCUT2D eigenvalue weighted by atomic mass is 9.88. The number of carbonyl (C=O) groups is 1. The van der Waals surface area contributed by atoms with E-state index in [1.54, 1.807) is 25.4 Å². The lowest BCUT2D eigenvalue weighted by Crippen LogP contribution is -2.42. The Morgan fingerprint density at radius 2 is 2.19 bits per heavy atom. The van der Waals surface area contributed by atoms with Gasteiger partial charge in [0.2, 0.25) is 0 Å². The van der Waals surface area contributed by atoms with E-state index in [1.807, 2.05) is 38.2 Å². The number of nitrogens with one attached hydrogen (secondary N) is 2. The van der Waals surface area contributed by atoms with Crippen molar-refractivity contribution in [1.29, 1.82) is 5.41 Å². The van der Waals surface area contributed by atoms with Crippen LogP contribution in [0.25, 0.3) is 11.1 Å². The molecule has 0 saturated carbocycles. The molecule has 9 heteroatoms. The van der Waals surface area contributed by atoms with Gasteiger partial charge in [-0.15, -0.1) is 0 Å². The van der Waals surface area contributed by atoms with E-state index in [2.05, 4.69) is 15.2 Å². The van der Waals surface area contributed by atoms with Crippen LogP contribution in [-0.2, 0) is 16.1 Å². The largest absolute Gasteiger partial charge is 0.507 e. The van der Waals surface area contributed by atoms with Crippen molar-refractivity contribution in [2.75, 3.05) is 39.2 Å². The molecule has 0 spiro atoms. The molecule has 31 heavy (non-hydrogen) atoms. The van der Waals surface area contributed by atoms with Crippen LogP contribution in [-0.4, -0.2) is 67.3 Å². The number of nitrogens with two attached hydrogens (primary N) is 1. The van der Waals surface area contributed by atoms with Crippen LogP contribution in [0.4, 0.5) is 5.69 Å². The first-order chi connectivity index (χ1) is 14.8. The van der Waals surface area contributed by atoms with Crippen LogP contribution in [0.3, 0.4) is 0 Å². The summed E-state index contributed by atoms with van der Waals surface area (Å²) in [6.45, 7) is 2.77. The van der Waals surface area contributed by atoms with E-state index in [1.165, 1.54) is 0 Å². The number of carbonyl (C=O) groups excluding carboxylic acids is 1. The molecule has 2 heterocycles. The van der Waals surface area contributed by atoms with Crippen molar-refractivity contribution in [3.05, 3.63) is 41.7 Å². The molecule has 0 fully saturated rings. The van der Waals surface area contributed by atoms with Crippen LogP contribution in [0.5, 0.6) is 5.75 Å². The minimum atomic E-state index is -0.583. The number of aromatic hydroxyl groups is 1. The van der Waals surface area contributed by atoms with Crippen LogP contribution in [0.2, 0.25) is 0 Å². The van der Waals surface area contributed by atoms with Crippen molar-refractivity contribution in [2.24, 2.45) is 5.73 Å². The third kappa shape index (κ3) is 4.41. The van der Waals surface area contributed by atoms with Gasteiger partial charge in [0.05, 0.1) is 12.6 Å². The topological polar surface area (TPSA) is 128 Å². The Hall–Kier alpha value is -3.33. The van der Waals surface area contributed by atoms with Gasteiger partial charge in [0.15, 0.2) is 5.96 Å². The number of rotatable bonds is 7. The monoisotopic (exact) mass is 426 g/mol. The maximum atomic E-state index is 13.1. The normalized spacial score (nSPS) is 17.5. The molecule has 0 bridgehead atoms. The summed E-state index contributed by atoms with van der Waals surface area (Å²) in [4.78, 5) is 21.3. The van der Waals surface area contributed by atoms with Crippen molar-refractivity contribution in [3.63, 3.8) is 0 Å². The number of ether oxygens (including phenoxy) is 1. The molecule has 9 nitrogen and oxygen atoms in total. The number of benzene rings is 1. The van der Waals surface area contributed by atoms with Gasteiger partial charge < -0.3 is 30.7 Å². The molecule has 2 unspecified atom stereocenters. The Bertz CT molecular complexity index is 963. The summed E-state index contributed by atoms with van der Waals surface area (Å²) in [6.07, 6.45) is 3.35. The number of aromatic nitrogens is 1. The van der Waals surface area contributed by atoms with E-state index in [-0.39, 0.29) is 36.9 Å². The van der Waals surface area contributed by atoms with Gasteiger partial charge in [-0.05, 0) is 33.2 Å². The minimum Gasteiger partial charge on any atom is -0.507 e. The van der Waals surface area contributed by atoms with E-state index < -0.39 is 5.92 Å². The zero-order chi connectivity index (χ0) is 22.7. The first kappa shape index (κ1) is 22.4. The lowest BCUT2D eigenvalue weighted by Gasteiger charge is -2.28. The van der Waals surface area contributed by atoms with E-state index in [0.29, 0.717) is 23.2 Å². The van der Waals surface area contributed by atoms with Gasteiger partial charge in [0.1, 0.15) is 11.7 Å². The standard InChI is InChI=1S/C22H30N6O3/c1-5-31-21(30)19-17(12-27(2)3)28(4)16-9-14(13-7-6-8-25-10-13)20(29)15(18(16)19)11-26-22(23)24/h6-10,17,19,29H,5,11-12H2,1-4H3,(H4,23,24,26). The maximum Gasteiger partial charge on any atom is 0.315 e. The zero-order valence-corrected chi connectivity index (χ0v) is 18.3. The number of fused-ring (bicyclic) bond motifs is 1. The van der Waals surface area contributed by atoms with E-state index in [0.717, 1.165) is 11.3 Å². The molecule has 2 aromatic rings.